The van der Waals surface area contributed by atoms with E-state index in [1.165, 1.54) is 11.1 Å². The molecule has 0 amide bonds. The van der Waals surface area contributed by atoms with Gasteiger partial charge in [-0.15, -0.1) is 0 Å². The second kappa shape index (κ2) is 3.88. The summed E-state index contributed by atoms with van der Waals surface area (Å²) in [6.45, 7) is 1.98. The van der Waals surface area contributed by atoms with Crippen molar-refractivity contribution in [1.82, 2.24) is 9.78 Å². The average Bonchev–Trinajstić information content (AvgIpc) is 2.81. The Kier molecular flexibility index (Phi) is 2.47. The Labute approximate surface area is 109 Å². The quantitative estimate of drug-likeness (QED) is 0.878. The minimum absolute atomic E-state index is 0.298. The highest BCUT2D eigenvalue weighted by Gasteiger charge is 2.25. The van der Waals surface area contributed by atoms with E-state index in [0.717, 1.165) is 28.8 Å². The number of nitrogens with two attached hydrogens (primary N) is 1. The molecule has 3 nitrogen and oxygen atoms in total. The summed E-state index contributed by atoms with van der Waals surface area (Å²) in [4.78, 5) is 0. The van der Waals surface area contributed by atoms with E-state index in [4.69, 9.17) is 5.73 Å². The summed E-state index contributed by atoms with van der Waals surface area (Å²) in [5, 5.41) is 4.49. The number of hydrogen-bond acceptors (Lipinski definition) is 2. The van der Waals surface area contributed by atoms with Crippen LogP contribution in [0.2, 0.25) is 0 Å². The van der Waals surface area contributed by atoms with Crippen LogP contribution in [0, 0.1) is 6.92 Å². The summed E-state index contributed by atoms with van der Waals surface area (Å²) in [7, 11) is 0. The van der Waals surface area contributed by atoms with E-state index in [1.807, 2.05) is 17.7 Å². The van der Waals surface area contributed by atoms with Gasteiger partial charge in [0.25, 0.3) is 0 Å². The fourth-order valence-corrected chi connectivity index (χ4v) is 3.01. The van der Waals surface area contributed by atoms with Crippen molar-refractivity contribution in [2.75, 3.05) is 5.73 Å². The highest BCUT2D eigenvalue weighted by Crippen LogP contribution is 2.36. The van der Waals surface area contributed by atoms with E-state index < -0.39 is 0 Å². The van der Waals surface area contributed by atoms with Crippen LogP contribution in [-0.4, -0.2) is 9.78 Å². The van der Waals surface area contributed by atoms with Gasteiger partial charge in [-0.2, -0.15) is 5.10 Å². The second-order valence-electron chi connectivity index (χ2n) is 4.55. The highest BCUT2D eigenvalue weighted by atomic mass is 79.9. The second-order valence-corrected chi connectivity index (χ2v) is 5.47. The molecule has 4 heteroatoms. The number of anilines is 1. The van der Waals surface area contributed by atoms with E-state index in [-0.39, 0.29) is 0 Å². The molecule has 0 saturated carbocycles. The number of fused-ring (bicyclic) bond motifs is 1. The van der Waals surface area contributed by atoms with Crippen LogP contribution in [0.15, 0.2) is 28.7 Å². The zero-order chi connectivity index (χ0) is 12.0. The summed E-state index contributed by atoms with van der Waals surface area (Å²) >= 11 is 3.51. The minimum atomic E-state index is 0.298. The fourth-order valence-electron chi connectivity index (χ4n) is 2.60. The molecule has 1 unspecified atom stereocenters. The van der Waals surface area contributed by atoms with Crippen LogP contribution < -0.4 is 5.73 Å². The first-order valence-electron chi connectivity index (χ1n) is 5.75. The molecule has 0 radical (unpaired) electrons. The Hall–Kier alpha value is -1.29. The molecule has 2 aromatic rings. The van der Waals surface area contributed by atoms with Gasteiger partial charge in [-0.05, 0) is 43.0 Å². The van der Waals surface area contributed by atoms with E-state index >= 15 is 0 Å². The van der Waals surface area contributed by atoms with Crippen LogP contribution in [0.1, 0.15) is 29.3 Å². The first-order chi connectivity index (χ1) is 8.15. The number of aryl methyl sites for hydroxylation is 2. The van der Waals surface area contributed by atoms with Gasteiger partial charge >= 0.3 is 0 Å². The number of aromatic nitrogens is 2. The standard InChI is InChI=1S/C13H14BrN3/c1-8-6-13(15)17(16-8)12-5-2-9-7-10(14)3-4-11(9)12/h3-4,6-7,12H,2,5,15H2,1H3. The maximum Gasteiger partial charge on any atom is 0.122 e. The maximum atomic E-state index is 6.00. The number of nitrogen functional groups attached to an aromatic ring is 1. The van der Waals surface area contributed by atoms with Crippen molar-refractivity contribution in [2.24, 2.45) is 0 Å². The van der Waals surface area contributed by atoms with Crippen molar-refractivity contribution < 1.29 is 0 Å². The molecule has 0 fully saturated rings. The topological polar surface area (TPSA) is 43.8 Å². The van der Waals surface area contributed by atoms with Crippen molar-refractivity contribution in [3.63, 3.8) is 0 Å². The van der Waals surface area contributed by atoms with Gasteiger partial charge in [-0.25, -0.2) is 4.68 Å². The molecule has 17 heavy (non-hydrogen) atoms. The van der Waals surface area contributed by atoms with Crippen molar-refractivity contribution in [3.05, 3.63) is 45.6 Å². The van der Waals surface area contributed by atoms with Crippen LogP contribution in [0.5, 0.6) is 0 Å². The molecule has 0 aliphatic heterocycles. The maximum absolute atomic E-state index is 6.00. The molecular weight excluding hydrogens is 278 g/mol. The fraction of sp³-hybridized carbons (Fsp3) is 0.308. The van der Waals surface area contributed by atoms with Crippen LogP contribution in [-0.2, 0) is 6.42 Å². The van der Waals surface area contributed by atoms with E-state index in [1.54, 1.807) is 0 Å². The molecule has 1 aliphatic rings. The van der Waals surface area contributed by atoms with E-state index in [0.29, 0.717) is 6.04 Å². The Bertz CT molecular complexity index is 574. The van der Waals surface area contributed by atoms with Gasteiger partial charge in [0.1, 0.15) is 5.82 Å². The Morgan fingerprint density at radius 1 is 1.41 bits per heavy atom. The summed E-state index contributed by atoms with van der Waals surface area (Å²) in [6.07, 6.45) is 2.18. The van der Waals surface area contributed by atoms with E-state index in [9.17, 15) is 0 Å². The number of nitrogens with zero attached hydrogens (tertiary/aromatic N) is 2. The van der Waals surface area contributed by atoms with Gasteiger partial charge in [0.15, 0.2) is 0 Å². The molecule has 3 rings (SSSR count). The van der Waals surface area contributed by atoms with Crippen LogP contribution in [0.25, 0.3) is 0 Å². The van der Waals surface area contributed by atoms with Crippen LogP contribution in [0.4, 0.5) is 5.82 Å². The third kappa shape index (κ3) is 1.76. The highest BCUT2D eigenvalue weighted by molar-refractivity contribution is 9.10. The van der Waals surface area contributed by atoms with Gasteiger partial charge in [-0.1, -0.05) is 22.0 Å². The molecule has 1 aliphatic carbocycles. The number of rotatable bonds is 1. The minimum Gasteiger partial charge on any atom is -0.384 e. The first kappa shape index (κ1) is 10.8. The SMILES string of the molecule is Cc1cc(N)n(C2CCc3cc(Br)ccc32)n1. The third-order valence-electron chi connectivity index (χ3n) is 3.33. The lowest BCUT2D eigenvalue weighted by Gasteiger charge is -2.14. The molecule has 2 N–H and O–H groups in total. The van der Waals surface area contributed by atoms with Crippen molar-refractivity contribution in [2.45, 2.75) is 25.8 Å². The number of halogens is 1. The average molecular weight is 292 g/mol. The smallest absolute Gasteiger partial charge is 0.122 e. The molecule has 0 saturated heterocycles. The van der Waals surface area contributed by atoms with E-state index in [2.05, 4.69) is 39.2 Å². The van der Waals surface area contributed by atoms with Crippen LogP contribution >= 0.6 is 15.9 Å². The molecule has 1 aromatic heterocycles. The molecule has 1 atom stereocenters. The third-order valence-corrected chi connectivity index (χ3v) is 3.83. The molecule has 1 heterocycles. The van der Waals surface area contributed by atoms with Crippen molar-refractivity contribution in [3.8, 4) is 0 Å². The van der Waals surface area contributed by atoms with Gasteiger partial charge in [0, 0.05) is 10.5 Å². The molecule has 0 spiro atoms. The van der Waals surface area contributed by atoms with Crippen molar-refractivity contribution in [1.29, 1.82) is 0 Å². The summed E-state index contributed by atoms with van der Waals surface area (Å²) in [5.74, 6) is 0.753. The molecule has 88 valence electrons. The van der Waals surface area contributed by atoms with Gasteiger partial charge in [0.05, 0.1) is 11.7 Å². The van der Waals surface area contributed by atoms with Gasteiger partial charge in [-0.3, -0.25) is 0 Å². The lowest BCUT2D eigenvalue weighted by Crippen LogP contribution is -2.11. The monoisotopic (exact) mass is 291 g/mol. The lowest BCUT2D eigenvalue weighted by molar-refractivity contribution is 0.524. The summed E-state index contributed by atoms with van der Waals surface area (Å²) in [5.41, 5.74) is 9.73. The first-order valence-corrected chi connectivity index (χ1v) is 6.54. The predicted molar refractivity (Wildman–Crippen MR) is 72.0 cm³/mol. The normalized spacial score (nSPS) is 18.4. The Morgan fingerprint density at radius 2 is 2.24 bits per heavy atom. The molecule has 0 bridgehead atoms. The van der Waals surface area contributed by atoms with Gasteiger partial charge in [0.2, 0.25) is 0 Å². The largest absolute Gasteiger partial charge is 0.384 e. The predicted octanol–water partition coefficient (Wildman–Crippen LogP) is 3.07. The lowest BCUT2D eigenvalue weighted by atomic mass is 10.1. The number of benzene rings is 1. The number of hydrogen-bond donors (Lipinski definition) is 1. The Morgan fingerprint density at radius 3 is 2.94 bits per heavy atom. The summed E-state index contributed by atoms with van der Waals surface area (Å²) < 4.78 is 3.09. The van der Waals surface area contributed by atoms with Crippen molar-refractivity contribution >= 4 is 21.7 Å². The van der Waals surface area contributed by atoms with Gasteiger partial charge < -0.3 is 5.73 Å². The zero-order valence-corrected chi connectivity index (χ0v) is 11.2. The summed E-state index contributed by atoms with van der Waals surface area (Å²) in [6, 6.07) is 8.68. The van der Waals surface area contributed by atoms with Crippen LogP contribution in [0.3, 0.4) is 0 Å². The zero-order valence-electron chi connectivity index (χ0n) is 9.65. The molecular formula is C13H14BrN3. The molecule has 1 aromatic carbocycles. The Balaban J connectivity index is 2.06.